The van der Waals surface area contributed by atoms with Crippen molar-refractivity contribution in [3.63, 3.8) is 0 Å². The number of unbranched alkanes of at least 4 members (excludes halogenated alkanes) is 4. The highest BCUT2D eigenvalue weighted by Crippen LogP contribution is 2.47. The van der Waals surface area contributed by atoms with Gasteiger partial charge in [-0.1, -0.05) is 148 Å². The van der Waals surface area contributed by atoms with E-state index < -0.39 is 75.7 Å². The number of ether oxygens (including phenoxy) is 2. The van der Waals surface area contributed by atoms with Crippen LogP contribution in [0.5, 0.6) is 0 Å². The molecule has 1 saturated carbocycles. The zero-order valence-electron chi connectivity index (χ0n) is 38.7. The maximum Gasteiger partial charge on any atom is 0.472 e. The van der Waals surface area contributed by atoms with E-state index in [1.54, 1.807) is 0 Å². The Hall–Kier alpha value is -3.75. The molecule has 0 bridgehead atoms. The van der Waals surface area contributed by atoms with Gasteiger partial charge in [0.25, 0.3) is 0 Å². The molecule has 0 aromatic rings. The van der Waals surface area contributed by atoms with Crippen LogP contribution in [0.25, 0.3) is 0 Å². The molecule has 1 aliphatic rings. The molecule has 0 radical (unpaired) electrons. The standard InChI is InChI=1S/C51H79O13P/c1-3-5-7-9-11-13-15-17-19-21-22-24-26-28-30-32-34-36-38-40-45(53)63-43(42-62-65(59,60)64-51-49(57)47(55)46(54)48(56)50(51)58)41-61-44(52)39-37-35-33-31-29-27-25-23-20-18-16-14-12-10-8-6-4-2/h5-8,11-14,17-20,22,24-25,27-28,30,34,36,43,46-51,54-58H,3-4,9-10,15-16,21,23,26,29,31-33,35,37-42H2,1-2H3,(H,59,60)/b7-5-,8-6-,13-11-,14-12-,19-17-,20-18-,24-22-,27-25-,30-28-,36-34-. The van der Waals surface area contributed by atoms with Crippen molar-refractivity contribution in [1.82, 2.24) is 0 Å². The summed E-state index contributed by atoms with van der Waals surface area (Å²) in [6.07, 6.45) is 42.6. The highest BCUT2D eigenvalue weighted by Gasteiger charge is 2.51. The predicted octanol–water partition coefficient (Wildman–Crippen LogP) is 9.39. The summed E-state index contributed by atoms with van der Waals surface area (Å²) in [5.74, 6) is -1.24. The van der Waals surface area contributed by atoms with Crippen molar-refractivity contribution in [2.75, 3.05) is 13.2 Å². The number of carbonyl (C=O) groups is 2. The van der Waals surface area contributed by atoms with Crippen LogP contribution in [0.4, 0.5) is 0 Å². The molecule has 366 valence electrons. The molecule has 0 aromatic carbocycles. The zero-order chi connectivity index (χ0) is 47.8. The molecule has 14 heteroatoms. The lowest BCUT2D eigenvalue weighted by Gasteiger charge is -2.41. The molecule has 0 amide bonds. The SMILES string of the molecule is CC/C=C\C/C=C\C/C=C\C/C=C\C/C=C\C/C=C\CCC(=O)OC(COC(=O)CCCCCC/C=C\C/C=C\C/C=C\C/C=C\CC)COP(=O)(O)OC1C(O)C(O)C(O)C(O)C1O. The van der Waals surface area contributed by atoms with Crippen molar-refractivity contribution in [3.8, 4) is 0 Å². The Morgan fingerprint density at radius 1 is 0.477 bits per heavy atom. The fraction of sp³-hybridized carbons (Fsp3) is 0.569. The smallest absolute Gasteiger partial charge is 0.462 e. The Kier molecular flexibility index (Phi) is 35.9. The maximum absolute atomic E-state index is 12.8. The van der Waals surface area contributed by atoms with Gasteiger partial charge in [0.05, 0.1) is 6.61 Å². The third-order valence-corrected chi connectivity index (χ3v) is 10.8. The molecule has 6 N–H and O–H groups in total. The zero-order valence-corrected chi connectivity index (χ0v) is 39.6. The number of aliphatic hydroxyl groups excluding tert-OH is 5. The van der Waals surface area contributed by atoms with Crippen LogP contribution in [0.3, 0.4) is 0 Å². The summed E-state index contributed by atoms with van der Waals surface area (Å²) in [7, 11) is -5.16. The van der Waals surface area contributed by atoms with Gasteiger partial charge in [0.15, 0.2) is 6.10 Å². The molecule has 6 unspecified atom stereocenters. The molecule has 65 heavy (non-hydrogen) atoms. The van der Waals surface area contributed by atoms with Crippen LogP contribution in [0, 0.1) is 0 Å². The van der Waals surface area contributed by atoms with Crippen molar-refractivity contribution in [2.24, 2.45) is 0 Å². The van der Waals surface area contributed by atoms with E-state index in [1.807, 2.05) is 18.2 Å². The summed E-state index contributed by atoms with van der Waals surface area (Å²) >= 11 is 0. The number of phosphoric acid groups is 1. The first-order valence-corrected chi connectivity index (χ1v) is 24.8. The van der Waals surface area contributed by atoms with Crippen molar-refractivity contribution >= 4 is 19.8 Å². The minimum atomic E-state index is -5.16. The van der Waals surface area contributed by atoms with Gasteiger partial charge < -0.3 is 39.9 Å². The summed E-state index contributed by atoms with van der Waals surface area (Å²) in [5.41, 5.74) is 0. The van der Waals surface area contributed by atoms with Crippen LogP contribution in [0.2, 0.25) is 0 Å². The number of esters is 2. The molecule has 0 saturated heterocycles. The van der Waals surface area contributed by atoms with E-state index in [4.69, 9.17) is 18.5 Å². The Morgan fingerprint density at radius 3 is 1.31 bits per heavy atom. The summed E-state index contributed by atoms with van der Waals surface area (Å²) in [6.45, 7) is 2.97. The predicted molar refractivity (Wildman–Crippen MR) is 257 cm³/mol. The number of rotatable bonds is 36. The van der Waals surface area contributed by atoms with Gasteiger partial charge in [0.2, 0.25) is 0 Å². The van der Waals surface area contributed by atoms with Gasteiger partial charge in [0, 0.05) is 12.8 Å². The Bertz CT molecular complexity index is 1590. The third-order valence-electron chi connectivity index (χ3n) is 9.81. The minimum absolute atomic E-state index is 0.0423. The van der Waals surface area contributed by atoms with Crippen LogP contribution in [-0.4, -0.2) is 98.3 Å². The van der Waals surface area contributed by atoms with E-state index >= 15 is 0 Å². The molecule has 1 fully saturated rings. The highest BCUT2D eigenvalue weighted by atomic mass is 31.2. The summed E-state index contributed by atoms with van der Waals surface area (Å²) in [4.78, 5) is 35.7. The quantitative estimate of drug-likeness (QED) is 0.0150. The van der Waals surface area contributed by atoms with Gasteiger partial charge in [-0.25, -0.2) is 4.57 Å². The number of allylic oxidation sites excluding steroid dienone is 20. The fourth-order valence-electron chi connectivity index (χ4n) is 6.13. The van der Waals surface area contributed by atoms with E-state index in [0.717, 1.165) is 83.5 Å². The molecule has 0 aromatic heterocycles. The molecule has 1 aliphatic carbocycles. The van der Waals surface area contributed by atoms with E-state index in [9.17, 15) is 44.6 Å². The van der Waals surface area contributed by atoms with Crippen LogP contribution in [0.1, 0.15) is 129 Å². The van der Waals surface area contributed by atoms with Crippen LogP contribution in [0.15, 0.2) is 122 Å². The van der Waals surface area contributed by atoms with Gasteiger partial charge >= 0.3 is 19.8 Å². The average Bonchev–Trinajstić information content (AvgIpc) is 3.29. The largest absolute Gasteiger partial charge is 0.472 e. The molecular formula is C51H79O13P. The second-order valence-corrected chi connectivity index (χ2v) is 16.9. The number of hydrogen-bond acceptors (Lipinski definition) is 12. The lowest BCUT2D eigenvalue weighted by molar-refractivity contribution is -0.220. The van der Waals surface area contributed by atoms with E-state index in [2.05, 4.69) is 117 Å². The van der Waals surface area contributed by atoms with Crippen LogP contribution in [-0.2, 0) is 32.7 Å². The topological polar surface area (TPSA) is 210 Å². The summed E-state index contributed by atoms with van der Waals surface area (Å²) in [6, 6.07) is 0. The maximum atomic E-state index is 12.8. The van der Waals surface area contributed by atoms with Gasteiger partial charge in [-0.2, -0.15) is 0 Å². The van der Waals surface area contributed by atoms with Crippen LogP contribution >= 0.6 is 7.82 Å². The minimum Gasteiger partial charge on any atom is -0.462 e. The fourth-order valence-corrected chi connectivity index (χ4v) is 7.10. The molecule has 0 aliphatic heterocycles. The molecule has 13 nitrogen and oxygen atoms in total. The van der Waals surface area contributed by atoms with E-state index in [0.29, 0.717) is 19.3 Å². The summed E-state index contributed by atoms with van der Waals surface area (Å²) in [5, 5.41) is 50.2. The van der Waals surface area contributed by atoms with Crippen molar-refractivity contribution in [1.29, 1.82) is 0 Å². The van der Waals surface area contributed by atoms with Gasteiger partial charge in [-0.15, -0.1) is 0 Å². The molecule has 0 heterocycles. The van der Waals surface area contributed by atoms with Crippen molar-refractivity contribution in [2.45, 2.75) is 172 Å². The first-order valence-electron chi connectivity index (χ1n) is 23.3. The normalized spacial score (nSPS) is 22.5. The number of phosphoric ester groups is 1. The number of aliphatic hydroxyl groups is 5. The lowest BCUT2D eigenvalue weighted by Crippen LogP contribution is -2.64. The lowest BCUT2D eigenvalue weighted by atomic mass is 9.85. The monoisotopic (exact) mass is 931 g/mol. The number of hydrogen-bond donors (Lipinski definition) is 6. The Labute approximate surface area is 388 Å². The molecule has 6 atom stereocenters. The first kappa shape index (κ1) is 59.3. The average molecular weight is 931 g/mol. The van der Waals surface area contributed by atoms with E-state index in [1.165, 1.54) is 0 Å². The van der Waals surface area contributed by atoms with Gasteiger partial charge in [-0.3, -0.25) is 18.6 Å². The second-order valence-electron chi connectivity index (χ2n) is 15.5. The molecule has 0 spiro atoms. The Morgan fingerprint density at radius 2 is 0.862 bits per heavy atom. The highest BCUT2D eigenvalue weighted by molar-refractivity contribution is 7.47. The van der Waals surface area contributed by atoms with Gasteiger partial charge in [0.1, 0.15) is 43.2 Å². The Balaban J connectivity index is 2.54. The first-order chi connectivity index (χ1) is 31.4. The summed E-state index contributed by atoms with van der Waals surface area (Å²) < 4.78 is 33.4. The number of carbonyl (C=O) groups excluding carboxylic acids is 2. The third kappa shape index (κ3) is 31.7. The second kappa shape index (κ2) is 39.4. The van der Waals surface area contributed by atoms with Crippen LogP contribution < -0.4 is 0 Å². The van der Waals surface area contributed by atoms with Crippen molar-refractivity contribution in [3.05, 3.63) is 122 Å². The van der Waals surface area contributed by atoms with Crippen molar-refractivity contribution < 1.29 is 63.1 Å². The van der Waals surface area contributed by atoms with E-state index in [-0.39, 0.29) is 12.8 Å². The molecular weight excluding hydrogens is 852 g/mol. The molecule has 1 rings (SSSR count). The van der Waals surface area contributed by atoms with Gasteiger partial charge in [-0.05, 0) is 89.9 Å².